The summed E-state index contributed by atoms with van der Waals surface area (Å²) in [5.74, 6) is -5.57. The number of aliphatic carboxylic acids is 1. The highest BCUT2D eigenvalue weighted by atomic mass is 19.3. The molecule has 0 aliphatic carbocycles. The lowest BCUT2D eigenvalue weighted by Crippen LogP contribution is -2.26. The van der Waals surface area contributed by atoms with Crippen molar-refractivity contribution in [1.82, 2.24) is 0 Å². The van der Waals surface area contributed by atoms with Crippen LogP contribution in [-0.2, 0) is 10.7 Å². The molecule has 0 atom stereocenters. The molecule has 0 aliphatic rings. The third-order valence-electron chi connectivity index (χ3n) is 2.35. The minimum atomic E-state index is -3.87. The second-order valence-electron chi connectivity index (χ2n) is 3.52. The van der Waals surface area contributed by atoms with Gasteiger partial charge in [-0.2, -0.15) is 8.78 Å². The third kappa shape index (κ3) is 1.98. The number of halogens is 2. The summed E-state index contributed by atoms with van der Waals surface area (Å²) in [5, 5.41) is 8.46. The molecule has 0 saturated heterocycles. The summed E-state index contributed by atoms with van der Waals surface area (Å²) >= 11 is 0. The maximum Gasteiger partial charge on any atom is 0.379 e. The summed E-state index contributed by atoms with van der Waals surface area (Å²) in [6, 6.07) is 2.55. The predicted molar refractivity (Wildman–Crippen MR) is 54.0 cm³/mol. The normalized spacial score (nSPS) is 11.3. The van der Waals surface area contributed by atoms with E-state index >= 15 is 0 Å². The lowest BCUT2D eigenvalue weighted by atomic mass is 9.99. The molecule has 1 rings (SSSR count). The smallest absolute Gasteiger partial charge is 0.379 e. The van der Waals surface area contributed by atoms with Gasteiger partial charge in [0.15, 0.2) is 0 Å². The summed E-state index contributed by atoms with van der Waals surface area (Å²) < 4.78 is 31.6. The van der Waals surface area contributed by atoms with Crippen LogP contribution in [0.25, 0.3) is 0 Å². The monoisotopic (exact) mass is 230 g/mol. The van der Waals surface area contributed by atoms with E-state index in [0.29, 0.717) is 11.3 Å². The number of rotatable bonds is 3. The van der Waals surface area contributed by atoms with Crippen LogP contribution < -0.4 is 4.74 Å². The van der Waals surface area contributed by atoms with Crippen molar-refractivity contribution >= 4 is 5.97 Å². The molecule has 0 saturated carbocycles. The van der Waals surface area contributed by atoms with Crippen LogP contribution in [0, 0.1) is 13.8 Å². The Kier molecular flexibility index (Phi) is 3.16. The van der Waals surface area contributed by atoms with Gasteiger partial charge in [-0.25, -0.2) is 4.79 Å². The average molecular weight is 230 g/mol. The van der Waals surface area contributed by atoms with E-state index in [2.05, 4.69) is 0 Å². The molecule has 88 valence electrons. The van der Waals surface area contributed by atoms with Gasteiger partial charge in [0.25, 0.3) is 0 Å². The first-order valence-electron chi connectivity index (χ1n) is 4.57. The van der Waals surface area contributed by atoms with Gasteiger partial charge in [-0.1, -0.05) is 0 Å². The van der Waals surface area contributed by atoms with Gasteiger partial charge in [0, 0.05) is 5.56 Å². The van der Waals surface area contributed by atoms with Crippen LogP contribution in [-0.4, -0.2) is 18.2 Å². The fraction of sp³-hybridized carbons (Fsp3) is 0.364. The van der Waals surface area contributed by atoms with Crippen molar-refractivity contribution in [1.29, 1.82) is 0 Å². The maximum atomic E-state index is 13.3. The Morgan fingerprint density at radius 1 is 1.31 bits per heavy atom. The molecule has 0 bridgehead atoms. The fourth-order valence-electron chi connectivity index (χ4n) is 1.46. The number of aryl methyl sites for hydroxylation is 2. The molecule has 3 nitrogen and oxygen atoms in total. The number of methoxy groups -OCH3 is 1. The molecule has 0 unspecified atom stereocenters. The van der Waals surface area contributed by atoms with Gasteiger partial charge < -0.3 is 9.84 Å². The fourth-order valence-corrected chi connectivity index (χ4v) is 1.46. The number of benzene rings is 1. The van der Waals surface area contributed by atoms with E-state index in [9.17, 15) is 13.6 Å². The van der Waals surface area contributed by atoms with E-state index in [-0.39, 0.29) is 5.56 Å². The lowest BCUT2D eigenvalue weighted by Gasteiger charge is -2.16. The molecule has 0 aromatic heterocycles. The zero-order chi connectivity index (χ0) is 12.5. The van der Waals surface area contributed by atoms with Gasteiger partial charge in [0.2, 0.25) is 0 Å². The molecule has 0 spiro atoms. The largest absolute Gasteiger partial charge is 0.496 e. The van der Waals surface area contributed by atoms with Crippen LogP contribution in [0.4, 0.5) is 8.78 Å². The number of carboxylic acids is 1. The van der Waals surface area contributed by atoms with Gasteiger partial charge >= 0.3 is 11.9 Å². The van der Waals surface area contributed by atoms with Crippen LogP contribution in [0.3, 0.4) is 0 Å². The Balaban J connectivity index is 3.37. The Morgan fingerprint density at radius 2 is 1.88 bits per heavy atom. The van der Waals surface area contributed by atoms with Crippen molar-refractivity contribution in [2.75, 3.05) is 7.11 Å². The topological polar surface area (TPSA) is 46.5 Å². The van der Waals surface area contributed by atoms with Gasteiger partial charge in [0.05, 0.1) is 7.11 Å². The van der Waals surface area contributed by atoms with E-state index in [4.69, 9.17) is 9.84 Å². The number of hydrogen-bond acceptors (Lipinski definition) is 2. The molecular formula is C11H12F2O3. The summed E-state index contributed by atoms with van der Waals surface area (Å²) in [4.78, 5) is 10.5. The van der Waals surface area contributed by atoms with Crippen LogP contribution in [0.5, 0.6) is 5.75 Å². The number of alkyl halides is 2. The highest BCUT2D eigenvalue weighted by Gasteiger charge is 2.42. The van der Waals surface area contributed by atoms with Crippen molar-refractivity contribution in [2.24, 2.45) is 0 Å². The van der Waals surface area contributed by atoms with Crippen molar-refractivity contribution in [3.05, 3.63) is 28.8 Å². The van der Waals surface area contributed by atoms with Crippen molar-refractivity contribution in [3.63, 3.8) is 0 Å². The minimum absolute atomic E-state index is 0.190. The van der Waals surface area contributed by atoms with Gasteiger partial charge in [-0.15, -0.1) is 0 Å². The van der Waals surface area contributed by atoms with Crippen LogP contribution in [0.1, 0.15) is 16.7 Å². The molecule has 0 heterocycles. The lowest BCUT2D eigenvalue weighted by molar-refractivity contribution is -0.166. The summed E-state index contributed by atoms with van der Waals surface area (Å²) in [7, 11) is 1.43. The Morgan fingerprint density at radius 3 is 2.31 bits per heavy atom. The molecule has 0 aliphatic heterocycles. The van der Waals surface area contributed by atoms with Gasteiger partial charge in [0.1, 0.15) is 5.75 Å². The minimum Gasteiger partial charge on any atom is -0.496 e. The van der Waals surface area contributed by atoms with E-state index in [1.54, 1.807) is 6.92 Å². The number of carbonyl (C=O) groups is 1. The van der Waals surface area contributed by atoms with Gasteiger partial charge in [-0.3, -0.25) is 0 Å². The second kappa shape index (κ2) is 4.08. The zero-order valence-corrected chi connectivity index (χ0v) is 9.17. The Labute approximate surface area is 91.7 Å². The molecule has 5 heteroatoms. The number of hydrogen-bond donors (Lipinski definition) is 1. The molecule has 16 heavy (non-hydrogen) atoms. The summed E-state index contributed by atoms with van der Waals surface area (Å²) in [6.07, 6.45) is 0. The predicted octanol–water partition coefficient (Wildman–Crippen LogP) is 2.49. The molecule has 0 amide bonds. The summed E-state index contributed by atoms with van der Waals surface area (Å²) in [6.45, 7) is 3.01. The second-order valence-corrected chi connectivity index (χ2v) is 3.52. The van der Waals surface area contributed by atoms with Crippen LogP contribution in [0.15, 0.2) is 12.1 Å². The summed E-state index contributed by atoms with van der Waals surface area (Å²) in [5.41, 5.74) is 0.164. The van der Waals surface area contributed by atoms with Crippen LogP contribution in [0.2, 0.25) is 0 Å². The van der Waals surface area contributed by atoms with E-state index < -0.39 is 17.5 Å². The highest BCUT2D eigenvalue weighted by Crippen LogP contribution is 2.34. The first kappa shape index (κ1) is 12.4. The molecular weight excluding hydrogens is 218 g/mol. The Bertz CT molecular complexity index is 427. The first-order chi connectivity index (χ1) is 7.30. The van der Waals surface area contributed by atoms with Crippen molar-refractivity contribution < 1.29 is 23.4 Å². The molecule has 1 N–H and O–H groups in total. The maximum absolute atomic E-state index is 13.3. The van der Waals surface area contributed by atoms with Crippen molar-refractivity contribution in [3.8, 4) is 5.75 Å². The molecule has 1 aromatic rings. The number of ether oxygens (including phenoxy) is 1. The SMILES string of the molecule is COc1cc(C)c(C(F)(F)C(=O)O)cc1C. The number of carboxylic acid groups (broad SMARTS) is 1. The molecule has 0 radical (unpaired) electrons. The Hall–Kier alpha value is -1.65. The molecule has 0 fully saturated rings. The zero-order valence-electron chi connectivity index (χ0n) is 9.17. The highest BCUT2D eigenvalue weighted by molar-refractivity contribution is 5.78. The van der Waals surface area contributed by atoms with E-state index in [1.807, 2.05) is 0 Å². The average Bonchev–Trinajstić information content (AvgIpc) is 2.20. The standard InChI is InChI=1S/C11H12F2O3/c1-6-5-9(16-3)7(2)4-8(6)11(12,13)10(14)15/h4-5H,1-3H3,(H,14,15). The van der Waals surface area contributed by atoms with Crippen LogP contribution >= 0.6 is 0 Å². The van der Waals surface area contributed by atoms with Crippen molar-refractivity contribution in [2.45, 2.75) is 19.8 Å². The first-order valence-corrected chi connectivity index (χ1v) is 4.57. The third-order valence-corrected chi connectivity index (χ3v) is 2.35. The van der Waals surface area contributed by atoms with E-state index in [1.165, 1.54) is 20.1 Å². The molecule has 1 aromatic carbocycles. The quantitative estimate of drug-likeness (QED) is 0.867. The van der Waals surface area contributed by atoms with E-state index in [0.717, 1.165) is 6.07 Å². The van der Waals surface area contributed by atoms with Gasteiger partial charge in [-0.05, 0) is 37.1 Å².